The third-order valence-electron chi connectivity index (χ3n) is 2.70. The normalized spacial score (nSPS) is 15.1. The zero-order chi connectivity index (χ0) is 11.7. The van der Waals surface area contributed by atoms with Crippen molar-refractivity contribution in [2.24, 2.45) is 0 Å². The van der Waals surface area contributed by atoms with Crippen LogP contribution in [0.3, 0.4) is 0 Å². The Morgan fingerprint density at radius 1 is 1.35 bits per heavy atom. The van der Waals surface area contributed by atoms with Gasteiger partial charge in [0.15, 0.2) is 0 Å². The van der Waals surface area contributed by atoms with E-state index in [9.17, 15) is 5.11 Å². The maximum atomic E-state index is 9.27. The van der Waals surface area contributed by atoms with Crippen molar-refractivity contribution in [3.05, 3.63) is 29.8 Å². The first kappa shape index (κ1) is 10.7. The number of hydrogen-bond donors (Lipinski definition) is 1. The number of aromatic nitrogens is 4. The minimum Gasteiger partial charge on any atom is -0.392 e. The van der Waals surface area contributed by atoms with Crippen molar-refractivity contribution in [1.82, 2.24) is 20.2 Å². The van der Waals surface area contributed by atoms with Crippen molar-refractivity contribution < 1.29 is 5.11 Å². The Bertz CT molecular complexity index is 524. The maximum absolute atomic E-state index is 9.27. The Balaban J connectivity index is 1.88. The lowest BCUT2D eigenvalue weighted by atomic mass is 10.2. The number of hydrogen-bond acceptors (Lipinski definition) is 5. The lowest BCUT2D eigenvalue weighted by Crippen LogP contribution is -1.99. The number of aliphatic hydroxyl groups is 1. The SMILES string of the molecule is OCc1ccccc1Sc1nnnn1C1CC1. The Morgan fingerprint density at radius 2 is 2.18 bits per heavy atom. The van der Waals surface area contributed by atoms with Crippen LogP contribution in [0.4, 0.5) is 0 Å². The highest BCUT2D eigenvalue weighted by molar-refractivity contribution is 7.99. The van der Waals surface area contributed by atoms with E-state index in [2.05, 4.69) is 15.5 Å². The van der Waals surface area contributed by atoms with Crippen LogP contribution in [-0.2, 0) is 6.61 Å². The van der Waals surface area contributed by atoms with Crippen LogP contribution >= 0.6 is 11.8 Å². The molecule has 1 aliphatic carbocycles. The molecule has 1 aromatic carbocycles. The first-order chi connectivity index (χ1) is 8.38. The van der Waals surface area contributed by atoms with Crippen LogP contribution in [0.5, 0.6) is 0 Å². The quantitative estimate of drug-likeness (QED) is 0.891. The average molecular weight is 248 g/mol. The molecule has 6 heteroatoms. The van der Waals surface area contributed by atoms with Gasteiger partial charge >= 0.3 is 0 Å². The van der Waals surface area contributed by atoms with Gasteiger partial charge in [-0.3, -0.25) is 0 Å². The topological polar surface area (TPSA) is 63.8 Å². The molecule has 0 amide bonds. The largest absolute Gasteiger partial charge is 0.392 e. The van der Waals surface area contributed by atoms with Crippen molar-refractivity contribution in [1.29, 1.82) is 0 Å². The molecule has 1 aliphatic rings. The number of rotatable bonds is 4. The van der Waals surface area contributed by atoms with Crippen LogP contribution in [0.25, 0.3) is 0 Å². The predicted molar refractivity (Wildman–Crippen MR) is 62.6 cm³/mol. The summed E-state index contributed by atoms with van der Waals surface area (Å²) in [4.78, 5) is 1.01. The van der Waals surface area contributed by atoms with Gasteiger partial charge in [0.2, 0.25) is 5.16 Å². The molecule has 0 radical (unpaired) electrons. The van der Waals surface area contributed by atoms with Crippen molar-refractivity contribution in [3.8, 4) is 0 Å². The highest BCUT2D eigenvalue weighted by Gasteiger charge is 2.28. The van der Waals surface area contributed by atoms with E-state index in [0.29, 0.717) is 6.04 Å². The molecular formula is C11H12N4OS. The molecule has 5 nitrogen and oxygen atoms in total. The highest BCUT2D eigenvalue weighted by Crippen LogP contribution is 2.38. The number of benzene rings is 1. The van der Waals surface area contributed by atoms with E-state index in [0.717, 1.165) is 28.5 Å². The molecule has 17 heavy (non-hydrogen) atoms. The van der Waals surface area contributed by atoms with Crippen LogP contribution < -0.4 is 0 Å². The lowest BCUT2D eigenvalue weighted by molar-refractivity contribution is 0.279. The first-order valence-electron chi connectivity index (χ1n) is 5.53. The van der Waals surface area contributed by atoms with E-state index in [1.54, 1.807) is 0 Å². The van der Waals surface area contributed by atoms with Crippen LogP contribution in [0.2, 0.25) is 0 Å². The second kappa shape index (κ2) is 4.46. The van der Waals surface area contributed by atoms with E-state index in [1.807, 2.05) is 28.9 Å². The highest BCUT2D eigenvalue weighted by atomic mass is 32.2. The van der Waals surface area contributed by atoms with Crippen LogP contribution in [0, 0.1) is 0 Å². The third-order valence-corrected chi connectivity index (χ3v) is 3.77. The fourth-order valence-electron chi connectivity index (χ4n) is 1.63. The van der Waals surface area contributed by atoms with Gasteiger partial charge in [0, 0.05) is 4.90 Å². The molecule has 1 heterocycles. The molecule has 2 aromatic rings. The van der Waals surface area contributed by atoms with Gasteiger partial charge < -0.3 is 5.11 Å². The van der Waals surface area contributed by atoms with Crippen LogP contribution in [0.1, 0.15) is 24.4 Å². The molecule has 1 N–H and O–H groups in total. The Kier molecular flexibility index (Phi) is 2.82. The number of nitrogens with zero attached hydrogens (tertiary/aromatic N) is 4. The summed E-state index contributed by atoms with van der Waals surface area (Å²) in [5, 5.41) is 21.8. The van der Waals surface area contributed by atoms with E-state index >= 15 is 0 Å². The van der Waals surface area contributed by atoms with Crippen molar-refractivity contribution in [2.75, 3.05) is 0 Å². The molecule has 1 saturated carbocycles. The minimum atomic E-state index is 0.0359. The molecular weight excluding hydrogens is 236 g/mol. The Labute approximate surface area is 103 Å². The predicted octanol–water partition coefficient (Wildman–Crippen LogP) is 1.65. The van der Waals surface area contributed by atoms with E-state index < -0.39 is 0 Å². The van der Waals surface area contributed by atoms with Crippen molar-refractivity contribution in [2.45, 2.75) is 35.5 Å². The van der Waals surface area contributed by atoms with Gasteiger partial charge in [-0.15, -0.1) is 5.10 Å². The smallest absolute Gasteiger partial charge is 0.214 e. The van der Waals surface area contributed by atoms with Gasteiger partial charge in [-0.25, -0.2) is 4.68 Å². The van der Waals surface area contributed by atoms with Gasteiger partial charge in [-0.05, 0) is 46.7 Å². The maximum Gasteiger partial charge on any atom is 0.214 e. The molecule has 1 fully saturated rings. The summed E-state index contributed by atoms with van der Waals surface area (Å²) >= 11 is 1.51. The van der Waals surface area contributed by atoms with Gasteiger partial charge in [-0.1, -0.05) is 18.2 Å². The standard InChI is InChI=1S/C11H12N4OS/c16-7-8-3-1-2-4-10(8)17-11-12-13-14-15(11)9-5-6-9/h1-4,9,16H,5-7H2. The number of aliphatic hydroxyl groups excluding tert-OH is 1. The summed E-state index contributed by atoms with van der Waals surface area (Å²) < 4.78 is 1.87. The van der Waals surface area contributed by atoms with E-state index in [4.69, 9.17) is 0 Å². The zero-order valence-corrected chi connectivity index (χ0v) is 9.97. The molecule has 1 aromatic heterocycles. The molecule has 0 atom stereocenters. The second-order valence-corrected chi connectivity index (χ2v) is 5.01. The summed E-state index contributed by atoms with van der Waals surface area (Å²) in [7, 11) is 0. The molecule has 0 saturated heterocycles. The molecule has 0 unspecified atom stereocenters. The monoisotopic (exact) mass is 248 g/mol. The molecule has 3 rings (SSSR count). The van der Waals surface area contributed by atoms with Gasteiger partial charge in [0.05, 0.1) is 12.6 Å². The molecule has 0 bridgehead atoms. The first-order valence-corrected chi connectivity index (χ1v) is 6.34. The molecule has 0 aliphatic heterocycles. The van der Waals surface area contributed by atoms with E-state index in [-0.39, 0.29) is 6.61 Å². The minimum absolute atomic E-state index is 0.0359. The fourth-order valence-corrected chi connectivity index (χ4v) is 2.60. The molecule has 0 spiro atoms. The summed E-state index contributed by atoms with van der Waals surface area (Å²) in [6, 6.07) is 8.22. The third kappa shape index (κ3) is 2.18. The van der Waals surface area contributed by atoms with Gasteiger partial charge in [-0.2, -0.15) is 0 Å². The fraction of sp³-hybridized carbons (Fsp3) is 0.364. The summed E-state index contributed by atoms with van der Waals surface area (Å²) in [6.45, 7) is 0.0359. The second-order valence-electron chi connectivity index (χ2n) is 4.01. The van der Waals surface area contributed by atoms with Gasteiger partial charge in [0.1, 0.15) is 0 Å². The Hall–Kier alpha value is -1.40. The summed E-state index contributed by atoms with van der Waals surface area (Å²) in [5.74, 6) is 0. The lowest BCUT2D eigenvalue weighted by Gasteiger charge is -2.06. The van der Waals surface area contributed by atoms with Crippen LogP contribution in [0.15, 0.2) is 34.3 Å². The summed E-state index contributed by atoms with van der Waals surface area (Å²) in [5.41, 5.74) is 0.905. The average Bonchev–Trinajstić information content (AvgIpc) is 3.11. The summed E-state index contributed by atoms with van der Waals surface area (Å²) in [6.07, 6.45) is 2.31. The van der Waals surface area contributed by atoms with Crippen molar-refractivity contribution >= 4 is 11.8 Å². The molecule has 88 valence electrons. The Morgan fingerprint density at radius 3 is 2.94 bits per heavy atom. The number of tetrazole rings is 1. The van der Waals surface area contributed by atoms with Crippen molar-refractivity contribution in [3.63, 3.8) is 0 Å². The van der Waals surface area contributed by atoms with Gasteiger partial charge in [0.25, 0.3) is 0 Å². The van der Waals surface area contributed by atoms with E-state index in [1.165, 1.54) is 11.8 Å². The van der Waals surface area contributed by atoms with Crippen LogP contribution in [-0.4, -0.2) is 25.3 Å². The zero-order valence-electron chi connectivity index (χ0n) is 9.15.